The molecule has 0 aliphatic heterocycles. The lowest BCUT2D eigenvalue weighted by atomic mass is 10.1. The van der Waals surface area contributed by atoms with Gasteiger partial charge in [-0.3, -0.25) is 0 Å². The van der Waals surface area contributed by atoms with Crippen LogP contribution in [0, 0.1) is 0 Å². The average molecular weight is 284 g/mol. The highest BCUT2D eigenvalue weighted by molar-refractivity contribution is 5.81. The fraction of sp³-hybridized carbons (Fsp3) is 0.357. The van der Waals surface area contributed by atoms with Gasteiger partial charge in [-0.05, 0) is 19.1 Å². The Bertz CT molecular complexity index is 598. The van der Waals surface area contributed by atoms with Gasteiger partial charge in [0.1, 0.15) is 5.82 Å². The molecule has 0 bridgehead atoms. The molecule has 1 heterocycles. The zero-order valence-electron chi connectivity index (χ0n) is 11.2. The SMILES string of the molecule is CNc1nc2ccccc2cc1COC(C)C(F)(F)F. The number of nitrogens with one attached hydrogen (secondary N) is 1. The number of rotatable bonds is 4. The van der Waals surface area contributed by atoms with Gasteiger partial charge in [-0.15, -0.1) is 0 Å². The van der Waals surface area contributed by atoms with E-state index in [9.17, 15) is 13.2 Å². The lowest BCUT2D eigenvalue weighted by Crippen LogP contribution is -2.28. The Kier molecular flexibility index (Phi) is 4.13. The number of anilines is 1. The molecule has 0 aliphatic rings. The van der Waals surface area contributed by atoms with Crippen molar-refractivity contribution in [3.05, 3.63) is 35.9 Å². The fourth-order valence-electron chi connectivity index (χ4n) is 1.80. The molecule has 3 nitrogen and oxygen atoms in total. The summed E-state index contributed by atoms with van der Waals surface area (Å²) in [6, 6.07) is 9.21. The Morgan fingerprint density at radius 2 is 2.00 bits per heavy atom. The molecule has 108 valence electrons. The van der Waals surface area contributed by atoms with Gasteiger partial charge in [0.05, 0.1) is 12.1 Å². The van der Waals surface area contributed by atoms with E-state index in [0.717, 1.165) is 17.8 Å². The number of halogens is 3. The van der Waals surface area contributed by atoms with Crippen LogP contribution in [0.2, 0.25) is 0 Å². The van der Waals surface area contributed by atoms with Crippen LogP contribution in [0.15, 0.2) is 30.3 Å². The molecule has 0 radical (unpaired) electrons. The molecule has 0 fully saturated rings. The smallest absolute Gasteiger partial charge is 0.373 e. The first-order valence-electron chi connectivity index (χ1n) is 6.16. The number of fused-ring (bicyclic) bond motifs is 1. The Morgan fingerprint density at radius 3 is 2.65 bits per heavy atom. The summed E-state index contributed by atoms with van der Waals surface area (Å²) in [5, 5.41) is 3.74. The zero-order valence-corrected chi connectivity index (χ0v) is 11.2. The molecule has 1 N–H and O–H groups in total. The van der Waals surface area contributed by atoms with Crippen LogP contribution in [0.3, 0.4) is 0 Å². The molecule has 2 rings (SSSR count). The molecule has 1 unspecified atom stereocenters. The van der Waals surface area contributed by atoms with Crippen molar-refractivity contribution in [2.75, 3.05) is 12.4 Å². The predicted molar refractivity (Wildman–Crippen MR) is 71.6 cm³/mol. The van der Waals surface area contributed by atoms with Crippen LogP contribution in [0.1, 0.15) is 12.5 Å². The van der Waals surface area contributed by atoms with Crippen LogP contribution in [0.5, 0.6) is 0 Å². The predicted octanol–water partition coefficient (Wildman–Crippen LogP) is 3.74. The van der Waals surface area contributed by atoms with Gasteiger partial charge in [-0.2, -0.15) is 13.2 Å². The van der Waals surface area contributed by atoms with Gasteiger partial charge in [0, 0.05) is 18.0 Å². The zero-order chi connectivity index (χ0) is 14.8. The summed E-state index contributed by atoms with van der Waals surface area (Å²) in [6.07, 6.45) is -6.16. The van der Waals surface area contributed by atoms with E-state index in [0.29, 0.717) is 11.4 Å². The molecule has 0 saturated heterocycles. The summed E-state index contributed by atoms with van der Waals surface area (Å²) in [5.41, 5.74) is 1.38. The maximum atomic E-state index is 12.4. The maximum Gasteiger partial charge on any atom is 0.414 e. The molecule has 0 amide bonds. The lowest BCUT2D eigenvalue weighted by Gasteiger charge is -2.17. The van der Waals surface area contributed by atoms with E-state index in [1.807, 2.05) is 24.3 Å². The highest BCUT2D eigenvalue weighted by Crippen LogP contribution is 2.25. The first-order chi connectivity index (χ1) is 9.41. The molecule has 0 spiro atoms. The van der Waals surface area contributed by atoms with Crippen molar-refractivity contribution >= 4 is 16.7 Å². The summed E-state index contributed by atoms with van der Waals surface area (Å²) in [6.45, 7) is 0.849. The lowest BCUT2D eigenvalue weighted by molar-refractivity contribution is -0.217. The Labute approximate surface area is 114 Å². The number of pyridine rings is 1. The Balaban J connectivity index is 2.24. The van der Waals surface area contributed by atoms with E-state index in [-0.39, 0.29) is 6.61 Å². The highest BCUT2D eigenvalue weighted by atomic mass is 19.4. The monoisotopic (exact) mass is 284 g/mol. The van der Waals surface area contributed by atoms with E-state index in [2.05, 4.69) is 10.3 Å². The number of hydrogen-bond acceptors (Lipinski definition) is 3. The molecular weight excluding hydrogens is 269 g/mol. The van der Waals surface area contributed by atoms with Crippen molar-refractivity contribution in [3.8, 4) is 0 Å². The molecule has 1 aromatic carbocycles. The van der Waals surface area contributed by atoms with Crippen LogP contribution in [-0.4, -0.2) is 24.3 Å². The van der Waals surface area contributed by atoms with Gasteiger partial charge < -0.3 is 10.1 Å². The minimum Gasteiger partial charge on any atom is -0.373 e. The number of benzene rings is 1. The van der Waals surface area contributed by atoms with Crippen LogP contribution in [0.25, 0.3) is 10.9 Å². The number of aromatic nitrogens is 1. The van der Waals surface area contributed by atoms with Crippen molar-refractivity contribution in [1.82, 2.24) is 4.98 Å². The summed E-state index contributed by atoms with van der Waals surface area (Å²) < 4.78 is 42.2. The van der Waals surface area contributed by atoms with E-state index >= 15 is 0 Å². The molecular formula is C14H15F3N2O. The number of hydrogen-bond donors (Lipinski definition) is 1. The summed E-state index contributed by atoms with van der Waals surface area (Å²) in [4.78, 5) is 4.36. The van der Waals surface area contributed by atoms with Gasteiger partial charge in [-0.1, -0.05) is 18.2 Å². The van der Waals surface area contributed by atoms with Crippen LogP contribution >= 0.6 is 0 Å². The number of alkyl halides is 3. The van der Waals surface area contributed by atoms with E-state index < -0.39 is 12.3 Å². The quantitative estimate of drug-likeness (QED) is 0.928. The minimum absolute atomic E-state index is 0.144. The molecule has 1 aromatic heterocycles. The molecule has 20 heavy (non-hydrogen) atoms. The minimum atomic E-state index is -4.36. The third kappa shape index (κ3) is 3.19. The third-order valence-corrected chi connectivity index (χ3v) is 2.99. The van der Waals surface area contributed by atoms with Gasteiger partial charge in [0.15, 0.2) is 6.10 Å². The normalized spacial score (nSPS) is 13.4. The van der Waals surface area contributed by atoms with Crippen LogP contribution < -0.4 is 5.32 Å². The van der Waals surface area contributed by atoms with Crippen LogP contribution in [-0.2, 0) is 11.3 Å². The first-order valence-corrected chi connectivity index (χ1v) is 6.16. The summed E-state index contributed by atoms with van der Waals surface area (Å²) in [7, 11) is 1.67. The first kappa shape index (κ1) is 14.6. The van der Waals surface area contributed by atoms with Gasteiger partial charge >= 0.3 is 6.18 Å². The second kappa shape index (κ2) is 5.66. The van der Waals surface area contributed by atoms with E-state index in [1.54, 1.807) is 13.1 Å². The average Bonchev–Trinajstić information content (AvgIpc) is 2.42. The highest BCUT2D eigenvalue weighted by Gasteiger charge is 2.36. The second-order valence-corrected chi connectivity index (χ2v) is 4.43. The maximum absolute atomic E-state index is 12.4. The Hall–Kier alpha value is -1.82. The van der Waals surface area contributed by atoms with E-state index in [4.69, 9.17) is 4.74 Å². The fourth-order valence-corrected chi connectivity index (χ4v) is 1.80. The van der Waals surface area contributed by atoms with E-state index in [1.165, 1.54) is 0 Å². The molecule has 1 atom stereocenters. The van der Waals surface area contributed by atoms with Crippen molar-refractivity contribution in [1.29, 1.82) is 0 Å². The number of nitrogens with zero attached hydrogens (tertiary/aromatic N) is 1. The van der Waals surface area contributed by atoms with Crippen molar-refractivity contribution in [3.63, 3.8) is 0 Å². The standard InChI is InChI=1S/C14H15F3N2O/c1-9(14(15,16)17)20-8-11-7-10-5-3-4-6-12(10)19-13(11)18-2/h3-7,9H,8H2,1-2H3,(H,18,19). The summed E-state index contributed by atoms with van der Waals surface area (Å²) in [5.74, 6) is 0.526. The molecule has 0 saturated carbocycles. The van der Waals surface area contributed by atoms with Gasteiger partial charge in [-0.25, -0.2) is 4.98 Å². The van der Waals surface area contributed by atoms with Crippen molar-refractivity contribution in [2.24, 2.45) is 0 Å². The topological polar surface area (TPSA) is 34.2 Å². The van der Waals surface area contributed by atoms with Crippen LogP contribution in [0.4, 0.5) is 19.0 Å². The molecule has 2 aromatic rings. The Morgan fingerprint density at radius 1 is 1.30 bits per heavy atom. The number of para-hydroxylation sites is 1. The largest absolute Gasteiger partial charge is 0.414 e. The number of ether oxygens (including phenoxy) is 1. The third-order valence-electron chi connectivity index (χ3n) is 2.99. The van der Waals surface area contributed by atoms with Crippen molar-refractivity contribution in [2.45, 2.75) is 25.8 Å². The summed E-state index contributed by atoms with van der Waals surface area (Å²) >= 11 is 0. The molecule has 0 aliphatic carbocycles. The second-order valence-electron chi connectivity index (χ2n) is 4.43. The van der Waals surface area contributed by atoms with Gasteiger partial charge in [0.25, 0.3) is 0 Å². The van der Waals surface area contributed by atoms with Crippen molar-refractivity contribution < 1.29 is 17.9 Å². The molecule has 6 heteroatoms. The van der Waals surface area contributed by atoms with Gasteiger partial charge in [0.2, 0.25) is 0 Å².